The molecule has 4 aromatic rings. The van der Waals surface area contributed by atoms with Crippen molar-refractivity contribution in [2.24, 2.45) is 0 Å². The number of hydrogen-bond donors (Lipinski definition) is 1. The van der Waals surface area contributed by atoms with Gasteiger partial charge in [0.25, 0.3) is 0 Å². The Labute approximate surface area is 168 Å². The van der Waals surface area contributed by atoms with E-state index in [1.807, 2.05) is 6.92 Å². The van der Waals surface area contributed by atoms with E-state index in [4.69, 9.17) is 0 Å². The normalized spacial score (nSPS) is 11.2. The van der Waals surface area contributed by atoms with Crippen molar-refractivity contribution >= 4 is 28.3 Å². The molecular weight excluding hydrogens is 398 g/mol. The first-order chi connectivity index (χ1) is 13.8. The molecule has 0 aliphatic rings. The quantitative estimate of drug-likeness (QED) is 0.550. The molecule has 3 heterocycles. The van der Waals surface area contributed by atoms with Gasteiger partial charge in [0.1, 0.15) is 5.01 Å². The van der Waals surface area contributed by atoms with E-state index in [0.29, 0.717) is 12.2 Å². The third-order valence-corrected chi connectivity index (χ3v) is 5.66. The molecule has 1 aromatic carbocycles. The summed E-state index contributed by atoms with van der Waals surface area (Å²) in [6.45, 7) is 3.73. The second kappa shape index (κ2) is 7.28. The molecule has 7 nitrogen and oxygen atoms in total. The van der Waals surface area contributed by atoms with Gasteiger partial charge in [-0.25, -0.2) is 18.7 Å². The van der Waals surface area contributed by atoms with E-state index >= 15 is 0 Å². The number of aryl methyl sites for hydroxylation is 1. The van der Waals surface area contributed by atoms with Gasteiger partial charge >= 0.3 is 0 Å². The van der Waals surface area contributed by atoms with Gasteiger partial charge in [0.15, 0.2) is 22.7 Å². The molecule has 0 aliphatic carbocycles. The number of amides is 1. The predicted molar refractivity (Wildman–Crippen MR) is 105 cm³/mol. The highest BCUT2D eigenvalue weighted by Gasteiger charge is 2.19. The van der Waals surface area contributed by atoms with E-state index in [2.05, 4.69) is 25.4 Å². The van der Waals surface area contributed by atoms with Crippen LogP contribution >= 0.6 is 11.3 Å². The predicted octanol–water partition coefficient (Wildman–Crippen LogP) is 3.71. The van der Waals surface area contributed by atoms with Crippen LogP contribution < -0.4 is 0 Å². The number of fused-ring (bicyclic) bond motifs is 1. The van der Waals surface area contributed by atoms with Crippen molar-refractivity contribution in [3.8, 4) is 21.8 Å². The van der Waals surface area contributed by atoms with Gasteiger partial charge in [0.2, 0.25) is 5.91 Å². The fourth-order valence-corrected chi connectivity index (χ4v) is 3.99. The Balaban J connectivity index is 1.75. The minimum absolute atomic E-state index is 0.00412. The van der Waals surface area contributed by atoms with Gasteiger partial charge in [-0.15, -0.1) is 11.3 Å². The van der Waals surface area contributed by atoms with Crippen LogP contribution in [0.1, 0.15) is 17.6 Å². The number of carbonyl (C=O) groups excluding carboxylic acids is 1. The highest BCUT2D eigenvalue weighted by atomic mass is 32.1. The number of nitrogens with one attached hydrogen (secondary N) is 1. The van der Waals surface area contributed by atoms with Crippen molar-refractivity contribution in [3.63, 3.8) is 0 Å². The molecule has 0 unspecified atom stereocenters. The molecule has 1 N–H and O–H groups in total. The Kier molecular flexibility index (Phi) is 4.79. The number of carbonyl (C=O) groups is 1. The van der Waals surface area contributed by atoms with E-state index in [0.717, 1.165) is 21.6 Å². The molecule has 0 spiro atoms. The summed E-state index contributed by atoms with van der Waals surface area (Å²) in [6.07, 6.45) is 0. The van der Waals surface area contributed by atoms with Crippen LogP contribution in [-0.4, -0.2) is 43.2 Å². The lowest BCUT2D eigenvalue weighted by Gasteiger charge is -2.11. The van der Waals surface area contributed by atoms with E-state index in [1.165, 1.54) is 18.3 Å². The Morgan fingerprint density at radius 3 is 2.66 bits per heavy atom. The van der Waals surface area contributed by atoms with Gasteiger partial charge in [0.05, 0.1) is 28.5 Å². The third-order valence-electron chi connectivity index (χ3n) is 4.50. The van der Waals surface area contributed by atoms with Crippen molar-refractivity contribution in [1.29, 1.82) is 0 Å². The zero-order chi connectivity index (χ0) is 20.7. The number of aromatic amines is 1. The van der Waals surface area contributed by atoms with Crippen LogP contribution in [0.15, 0.2) is 24.3 Å². The standard InChI is InChI=1S/C19H16F2N6OS/c1-9-19(29-15(22-9)8-27(3)10(2)28)14-6-4-5-13(23-14)11-7-12(20)17-18(16(11)21)25-26-24-17/h4-7H,8H2,1-3H3,(H,24,25,26). The van der Waals surface area contributed by atoms with E-state index in [9.17, 15) is 13.6 Å². The summed E-state index contributed by atoms with van der Waals surface area (Å²) in [4.78, 5) is 22.9. The summed E-state index contributed by atoms with van der Waals surface area (Å²) < 4.78 is 29.1. The average Bonchev–Trinajstić information content (AvgIpc) is 3.32. The molecule has 4 rings (SSSR count). The van der Waals surface area contributed by atoms with Gasteiger partial charge in [-0.3, -0.25) is 4.79 Å². The molecule has 1 amide bonds. The minimum Gasteiger partial charge on any atom is -0.339 e. The molecular formula is C19H16F2N6OS. The van der Waals surface area contributed by atoms with E-state index in [-0.39, 0.29) is 28.2 Å². The number of thiazole rings is 1. The molecule has 29 heavy (non-hydrogen) atoms. The Morgan fingerprint density at radius 1 is 1.17 bits per heavy atom. The van der Waals surface area contributed by atoms with Crippen LogP contribution in [0.3, 0.4) is 0 Å². The molecule has 10 heteroatoms. The zero-order valence-electron chi connectivity index (χ0n) is 15.8. The Morgan fingerprint density at radius 2 is 1.90 bits per heavy atom. The number of pyridine rings is 1. The van der Waals surface area contributed by atoms with Crippen LogP contribution in [0, 0.1) is 18.6 Å². The highest BCUT2D eigenvalue weighted by molar-refractivity contribution is 7.15. The average molecular weight is 414 g/mol. The van der Waals surface area contributed by atoms with Crippen molar-refractivity contribution in [2.45, 2.75) is 20.4 Å². The van der Waals surface area contributed by atoms with Crippen LogP contribution in [0.2, 0.25) is 0 Å². The van der Waals surface area contributed by atoms with Crippen LogP contribution in [0.4, 0.5) is 8.78 Å². The van der Waals surface area contributed by atoms with Crippen molar-refractivity contribution < 1.29 is 13.6 Å². The number of benzene rings is 1. The van der Waals surface area contributed by atoms with Gasteiger partial charge in [-0.05, 0) is 25.1 Å². The van der Waals surface area contributed by atoms with Gasteiger partial charge in [-0.2, -0.15) is 15.4 Å². The molecule has 0 aliphatic heterocycles. The number of hydrogen-bond acceptors (Lipinski definition) is 6. The number of rotatable bonds is 4. The molecule has 0 fully saturated rings. The molecule has 0 radical (unpaired) electrons. The number of nitrogens with zero attached hydrogens (tertiary/aromatic N) is 5. The molecule has 0 atom stereocenters. The maximum Gasteiger partial charge on any atom is 0.219 e. The van der Waals surface area contributed by atoms with Crippen LogP contribution in [0.5, 0.6) is 0 Å². The van der Waals surface area contributed by atoms with Gasteiger partial charge in [-0.1, -0.05) is 6.07 Å². The molecule has 148 valence electrons. The smallest absolute Gasteiger partial charge is 0.219 e. The second-order valence-corrected chi connectivity index (χ2v) is 7.63. The maximum absolute atomic E-state index is 14.8. The fourth-order valence-electron chi connectivity index (χ4n) is 2.91. The van der Waals surface area contributed by atoms with E-state index in [1.54, 1.807) is 30.1 Å². The lowest BCUT2D eigenvalue weighted by Crippen LogP contribution is -2.22. The monoisotopic (exact) mass is 414 g/mol. The molecule has 0 saturated heterocycles. The van der Waals surface area contributed by atoms with Crippen molar-refractivity contribution in [3.05, 3.63) is 46.6 Å². The summed E-state index contributed by atoms with van der Waals surface area (Å²) in [5.74, 6) is -1.43. The number of halogens is 2. The third kappa shape index (κ3) is 3.46. The first-order valence-corrected chi connectivity index (χ1v) is 9.51. The van der Waals surface area contributed by atoms with Crippen molar-refractivity contribution in [1.82, 2.24) is 30.3 Å². The van der Waals surface area contributed by atoms with Crippen LogP contribution in [-0.2, 0) is 11.3 Å². The number of H-pyrrole nitrogens is 1. The first kappa shape index (κ1) is 19.1. The second-order valence-electron chi connectivity index (χ2n) is 6.55. The zero-order valence-corrected chi connectivity index (χ0v) is 16.6. The molecule has 0 bridgehead atoms. The Hall–Kier alpha value is -3.27. The maximum atomic E-state index is 14.8. The minimum atomic E-state index is -0.690. The van der Waals surface area contributed by atoms with Gasteiger partial charge < -0.3 is 4.90 Å². The summed E-state index contributed by atoms with van der Waals surface area (Å²) in [5.41, 5.74) is 1.30. The van der Waals surface area contributed by atoms with Crippen molar-refractivity contribution in [2.75, 3.05) is 7.05 Å². The fraction of sp³-hybridized carbons (Fsp3) is 0.211. The lowest BCUT2D eigenvalue weighted by atomic mass is 10.1. The topological polar surface area (TPSA) is 87.7 Å². The summed E-state index contributed by atoms with van der Waals surface area (Å²) in [5, 5.41) is 10.3. The van der Waals surface area contributed by atoms with Crippen LogP contribution in [0.25, 0.3) is 32.9 Å². The SMILES string of the molecule is CC(=O)N(C)Cc1nc(C)c(-c2cccc(-c3cc(F)c4n[nH]nc4c3F)n2)s1. The van der Waals surface area contributed by atoms with E-state index < -0.39 is 11.6 Å². The largest absolute Gasteiger partial charge is 0.339 e. The molecule has 0 saturated carbocycles. The summed E-state index contributed by atoms with van der Waals surface area (Å²) >= 11 is 1.41. The highest BCUT2D eigenvalue weighted by Crippen LogP contribution is 2.33. The number of aromatic nitrogens is 5. The Bertz CT molecular complexity index is 1230. The summed E-state index contributed by atoms with van der Waals surface area (Å²) in [7, 11) is 1.70. The van der Waals surface area contributed by atoms with Gasteiger partial charge in [0, 0.05) is 19.5 Å². The molecule has 3 aromatic heterocycles. The first-order valence-electron chi connectivity index (χ1n) is 8.69. The lowest BCUT2D eigenvalue weighted by molar-refractivity contribution is -0.128. The summed E-state index contributed by atoms with van der Waals surface area (Å²) in [6, 6.07) is 6.18.